The average molecular weight is 185 g/mol. The van der Waals surface area contributed by atoms with E-state index in [1.54, 1.807) is 6.92 Å². The van der Waals surface area contributed by atoms with Crippen LogP contribution in [0.2, 0.25) is 0 Å². The van der Waals surface area contributed by atoms with Crippen LogP contribution in [-0.4, -0.2) is 25.2 Å². The zero-order valence-electron chi connectivity index (χ0n) is 6.37. The molecular weight excluding hydrogens is 171 g/mol. The molecule has 0 aliphatic rings. The predicted octanol–water partition coefficient (Wildman–Crippen LogP) is -0.664. The Labute approximate surface area is 66.3 Å². The van der Waals surface area contributed by atoms with Gasteiger partial charge in [-0.1, -0.05) is 0 Å². The Bertz CT molecular complexity index is 102. The third-order valence-corrected chi connectivity index (χ3v) is 1.37. The molecule has 1 unspecified atom stereocenters. The molecule has 0 heterocycles. The normalized spacial score (nSPS) is 10.5. The monoisotopic (exact) mass is 185 g/mol. The van der Waals surface area contributed by atoms with Crippen molar-refractivity contribution in [1.29, 1.82) is 0 Å². The van der Waals surface area contributed by atoms with E-state index in [2.05, 4.69) is 14.6 Å². The van der Waals surface area contributed by atoms with Gasteiger partial charge in [-0.2, -0.15) is 0 Å². The summed E-state index contributed by atoms with van der Waals surface area (Å²) in [6, 6.07) is 0. The summed E-state index contributed by atoms with van der Waals surface area (Å²) >= 11 is 0. The van der Waals surface area contributed by atoms with Crippen LogP contribution in [0.5, 0.6) is 0 Å². The lowest BCUT2D eigenvalue weighted by Crippen LogP contribution is -2.20. The Hall–Kier alpha value is -0.100. The summed E-state index contributed by atoms with van der Waals surface area (Å²) in [6.45, 7) is 3.02. The zero-order chi connectivity index (χ0) is 7.82. The van der Waals surface area contributed by atoms with Gasteiger partial charge < -0.3 is 11.2 Å². The predicted molar refractivity (Wildman–Crippen MR) is 41.0 cm³/mol. The molecule has 0 bridgehead atoms. The van der Waals surface area contributed by atoms with Gasteiger partial charge in [0, 0.05) is 17.7 Å². The summed E-state index contributed by atoms with van der Waals surface area (Å²) < 4.78 is 19.6. The fourth-order valence-corrected chi connectivity index (χ4v) is 0.749. The highest BCUT2D eigenvalue weighted by Crippen LogP contribution is 2.20. The summed E-state index contributed by atoms with van der Waals surface area (Å²) in [5.74, 6) is 0. The van der Waals surface area contributed by atoms with Crippen molar-refractivity contribution in [2.24, 2.45) is 5.73 Å². The SMILES string of the molecule is CCO[P+](=O)ONCCN.O. The fraction of sp³-hybridized carbons (Fsp3) is 1.00. The van der Waals surface area contributed by atoms with Crippen LogP contribution in [0.3, 0.4) is 0 Å². The number of hydroxylamine groups is 1. The van der Waals surface area contributed by atoms with Crippen molar-refractivity contribution in [3.05, 3.63) is 0 Å². The standard InChI is InChI=1S/C4H12N2O3P.H2O/c1-2-8-10(7)9-6-4-3-5;/h6H,2-5H2,1H3;1H2/q+1;. The fourth-order valence-electron chi connectivity index (χ4n) is 0.289. The van der Waals surface area contributed by atoms with Crippen molar-refractivity contribution < 1.29 is 19.2 Å². The van der Waals surface area contributed by atoms with E-state index in [-0.39, 0.29) is 5.48 Å². The van der Waals surface area contributed by atoms with Gasteiger partial charge in [0.05, 0.1) is 0 Å². The minimum absolute atomic E-state index is 0. The second-order valence-corrected chi connectivity index (χ2v) is 2.30. The van der Waals surface area contributed by atoms with Gasteiger partial charge in [0.25, 0.3) is 0 Å². The summed E-state index contributed by atoms with van der Waals surface area (Å²) in [4.78, 5) is 0. The molecule has 0 radical (unpaired) electrons. The Morgan fingerprint density at radius 1 is 1.64 bits per heavy atom. The molecule has 7 heteroatoms. The Balaban J connectivity index is 0. The van der Waals surface area contributed by atoms with E-state index >= 15 is 0 Å². The van der Waals surface area contributed by atoms with Crippen LogP contribution >= 0.6 is 8.25 Å². The van der Waals surface area contributed by atoms with Gasteiger partial charge in [0.15, 0.2) is 0 Å². The topological polar surface area (TPSA) is 105 Å². The second-order valence-electron chi connectivity index (χ2n) is 1.42. The second kappa shape index (κ2) is 9.90. The molecule has 0 saturated heterocycles. The van der Waals surface area contributed by atoms with Crippen molar-refractivity contribution >= 4 is 8.25 Å². The van der Waals surface area contributed by atoms with Gasteiger partial charge in [0.1, 0.15) is 6.61 Å². The van der Waals surface area contributed by atoms with Gasteiger partial charge in [-0.05, 0) is 11.5 Å². The number of nitrogens with one attached hydrogen (secondary N) is 1. The molecule has 68 valence electrons. The summed E-state index contributed by atoms with van der Waals surface area (Å²) in [5.41, 5.74) is 7.50. The largest absolute Gasteiger partial charge is 0.716 e. The lowest BCUT2D eigenvalue weighted by molar-refractivity contribution is 0.162. The molecule has 0 aromatic rings. The molecular formula is C4H14N2O4P+. The molecule has 1 atom stereocenters. The molecule has 0 saturated carbocycles. The molecule has 0 aliphatic carbocycles. The molecule has 6 nitrogen and oxygen atoms in total. The van der Waals surface area contributed by atoms with Crippen molar-refractivity contribution in [3.63, 3.8) is 0 Å². The quantitative estimate of drug-likeness (QED) is 0.324. The first-order chi connectivity index (χ1) is 4.81. The molecule has 0 aromatic carbocycles. The van der Waals surface area contributed by atoms with Gasteiger partial charge >= 0.3 is 8.25 Å². The van der Waals surface area contributed by atoms with Crippen LogP contribution in [0.4, 0.5) is 0 Å². The lowest BCUT2D eigenvalue weighted by atomic mass is 10.7. The molecule has 0 spiro atoms. The smallest absolute Gasteiger partial charge is 0.412 e. The average Bonchev–Trinajstić information content (AvgIpc) is 1.89. The number of rotatable bonds is 6. The van der Waals surface area contributed by atoms with Crippen LogP contribution in [0.25, 0.3) is 0 Å². The lowest BCUT2D eigenvalue weighted by Gasteiger charge is -1.89. The van der Waals surface area contributed by atoms with Crippen LogP contribution in [0.1, 0.15) is 6.92 Å². The van der Waals surface area contributed by atoms with Gasteiger partial charge in [-0.15, -0.1) is 10.0 Å². The maximum Gasteiger partial charge on any atom is 0.716 e. The zero-order valence-corrected chi connectivity index (χ0v) is 7.27. The molecule has 5 N–H and O–H groups in total. The first-order valence-electron chi connectivity index (χ1n) is 3.01. The maximum absolute atomic E-state index is 10.5. The van der Waals surface area contributed by atoms with E-state index in [1.807, 2.05) is 0 Å². The van der Waals surface area contributed by atoms with E-state index < -0.39 is 8.25 Å². The Morgan fingerprint density at radius 3 is 2.73 bits per heavy atom. The van der Waals surface area contributed by atoms with Gasteiger partial charge in [0.2, 0.25) is 0 Å². The van der Waals surface area contributed by atoms with Gasteiger partial charge in [-0.25, -0.2) is 0 Å². The van der Waals surface area contributed by atoms with Crippen LogP contribution in [0, 0.1) is 0 Å². The minimum atomic E-state index is -2.01. The Kier molecular flexibility index (Phi) is 12.1. The van der Waals surface area contributed by atoms with Gasteiger partial charge in [-0.3, -0.25) is 0 Å². The Morgan fingerprint density at radius 2 is 2.27 bits per heavy atom. The van der Waals surface area contributed by atoms with E-state index in [1.165, 1.54) is 0 Å². The first-order valence-corrected chi connectivity index (χ1v) is 4.10. The van der Waals surface area contributed by atoms with Crippen LogP contribution in [-0.2, 0) is 13.7 Å². The van der Waals surface area contributed by atoms with E-state index in [0.717, 1.165) is 0 Å². The highest BCUT2D eigenvalue weighted by Gasteiger charge is 2.18. The third-order valence-electron chi connectivity index (χ3n) is 0.620. The van der Waals surface area contributed by atoms with Crippen LogP contribution in [0.15, 0.2) is 0 Å². The minimum Gasteiger partial charge on any atom is -0.412 e. The summed E-state index contributed by atoms with van der Waals surface area (Å²) in [6.07, 6.45) is 0. The van der Waals surface area contributed by atoms with E-state index in [4.69, 9.17) is 5.73 Å². The molecule has 0 amide bonds. The summed E-state index contributed by atoms with van der Waals surface area (Å²) in [5, 5.41) is 0. The molecule has 0 fully saturated rings. The number of nitrogens with two attached hydrogens (primary N) is 1. The van der Waals surface area contributed by atoms with Crippen molar-refractivity contribution in [2.45, 2.75) is 6.92 Å². The van der Waals surface area contributed by atoms with E-state index in [9.17, 15) is 4.57 Å². The van der Waals surface area contributed by atoms with Crippen molar-refractivity contribution in [3.8, 4) is 0 Å². The molecule has 0 rings (SSSR count). The molecule has 0 aliphatic heterocycles. The first kappa shape index (κ1) is 13.5. The highest BCUT2D eigenvalue weighted by atomic mass is 31.1. The van der Waals surface area contributed by atoms with Crippen LogP contribution < -0.4 is 11.2 Å². The number of hydrogen-bond donors (Lipinski definition) is 2. The molecule has 0 aromatic heterocycles. The highest BCUT2D eigenvalue weighted by molar-refractivity contribution is 7.33. The van der Waals surface area contributed by atoms with E-state index in [0.29, 0.717) is 19.7 Å². The van der Waals surface area contributed by atoms with Crippen molar-refractivity contribution in [2.75, 3.05) is 19.7 Å². The third kappa shape index (κ3) is 9.90. The molecule has 11 heavy (non-hydrogen) atoms. The maximum atomic E-state index is 10.5. The van der Waals surface area contributed by atoms with Crippen molar-refractivity contribution in [1.82, 2.24) is 5.48 Å². The summed E-state index contributed by atoms with van der Waals surface area (Å²) in [7, 11) is -2.01. The number of hydrogen-bond acceptors (Lipinski definition) is 5.